The summed E-state index contributed by atoms with van der Waals surface area (Å²) in [7, 11) is 1.97. The van der Waals surface area contributed by atoms with E-state index in [0.29, 0.717) is 41.8 Å². The number of nitrogens with two attached hydrogens (primary N) is 1. The lowest BCUT2D eigenvalue weighted by Gasteiger charge is -2.34. The molecule has 43 heavy (non-hydrogen) atoms. The summed E-state index contributed by atoms with van der Waals surface area (Å²) < 4.78 is 43.3. The van der Waals surface area contributed by atoms with Crippen LogP contribution in [0, 0.1) is 6.92 Å². The van der Waals surface area contributed by atoms with Gasteiger partial charge in [0.1, 0.15) is 18.0 Å². The summed E-state index contributed by atoms with van der Waals surface area (Å²) >= 11 is 0. The molecule has 1 amide bonds. The molecule has 0 unspecified atom stereocenters. The number of piperazine rings is 1. The van der Waals surface area contributed by atoms with Crippen LogP contribution in [0.3, 0.4) is 0 Å². The van der Waals surface area contributed by atoms with E-state index in [0.717, 1.165) is 47.3 Å². The number of aromatic nitrogens is 4. The summed E-state index contributed by atoms with van der Waals surface area (Å²) in [5.41, 5.74) is 8.92. The van der Waals surface area contributed by atoms with E-state index in [-0.39, 0.29) is 5.56 Å². The molecule has 1 aliphatic heterocycles. The first kappa shape index (κ1) is 28.2. The first-order valence-electron chi connectivity index (χ1n) is 13.7. The Kier molecular flexibility index (Phi) is 7.22. The van der Waals surface area contributed by atoms with Gasteiger partial charge in [0.2, 0.25) is 0 Å². The van der Waals surface area contributed by atoms with Gasteiger partial charge in [0.05, 0.1) is 16.8 Å². The van der Waals surface area contributed by atoms with E-state index < -0.39 is 17.6 Å². The average molecular weight is 587 g/mol. The van der Waals surface area contributed by atoms with Crippen LogP contribution in [-0.2, 0) is 6.18 Å². The van der Waals surface area contributed by atoms with Crippen molar-refractivity contribution in [2.45, 2.75) is 13.1 Å². The largest absolute Gasteiger partial charge is 0.416 e. The van der Waals surface area contributed by atoms with Gasteiger partial charge >= 0.3 is 6.18 Å². The summed E-state index contributed by atoms with van der Waals surface area (Å²) in [6, 6.07) is 14.4. The molecule has 6 rings (SSSR count). The molecule has 3 N–H and O–H groups in total. The molecule has 0 saturated carbocycles. The lowest BCUT2D eigenvalue weighted by Crippen LogP contribution is -2.44. The van der Waals surface area contributed by atoms with E-state index >= 15 is 0 Å². The Balaban J connectivity index is 1.31. The van der Waals surface area contributed by atoms with Gasteiger partial charge in [-0.05, 0) is 62.0 Å². The first-order valence-corrected chi connectivity index (χ1v) is 13.7. The molecule has 0 atom stereocenters. The quantitative estimate of drug-likeness (QED) is 0.284. The van der Waals surface area contributed by atoms with E-state index in [1.807, 2.05) is 47.8 Å². The molecular weight excluding hydrogens is 557 g/mol. The van der Waals surface area contributed by atoms with Gasteiger partial charge in [-0.1, -0.05) is 6.07 Å². The van der Waals surface area contributed by atoms with Gasteiger partial charge in [0.15, 0.2) is 0 Å². The van der Waals surface area contributed by atoms with Gasteiger partial charge in [-0.25, -0.2) is 9.97 Å². The first-order chi connectivity index (χ1) is 20.5. The number of nitrogens with zero attached hydrogens (tertiary/aromatic N) is 6. The number of likely N-dealkylation sites (N-methyl/N-ethyl adjacent to an activating group) is 1. The fraction of sp³-hybridized carbons (Fsp3) is 0.226. The topological polar surface area (TPSA) is 105 Å². The van der Waals surface area contributed by atoms with Crippen LogP contribution in [0.25, 0.3) is 28.0 Å². The summed E-state index contributed by atoms with van der Waals surface area (Å²) in [6.45, 7) is 4.52. The van der Waals surface area contributed by atoms with Crippen molar-refractivity contribution in [1.29, 1.82) is 0 Å². The number of amides is 1. The zero-order valence-electron chi connectivity index (χ0n) is 23.6. The standard InChI is InChI=1S/C31H29F3N8O/c1-19-3-4-23(14-25(19)26-15-27-20(17-36-26)5-6-42(27)29-16-28(35)37-18-38-29)39-30(43)21-11-22(31(32,33)34)13-24(12-21)41-9-7-40(2)8-10-41/h3-6,11-18H,7-10H2,1-2H3,(H,39,43)(H2,35,37,38). The highest BCUT2D eigenvalue weighted by Crippen LogP contribution is 2.34. The second-order valence-electron chi connectivity index (χ2n) is 10.7. The number of halogens is 3. The van der Waals surface area contributed by atoms with E-state index in [1.54, 1.807) is 24.4 Å². The molecule has 1 fully saturated rings. The Labute approximate surface area is 245 Å². The van der Waals surface area contributed by atoms with Gasteiger partial charge in [-0.15, -0.1) is 0 Å². The second kappa shape index (κ2) is 11.0. The van der Waals surface area contributed by atoms with E-state index in [1.165, 1.54) is 12.4 Å². The van der Waals surface area contributed by atoms with Crippen LogP contribution in [0.2, 0.25) is 0 Å². The van der Waals surface area contributed by atoms with Crippen LogP contribution in [0.1, 0.15) is 21.5 Å². The maximum atomic E-state index is 13.8. The van der Waals surface area contributed by atoms with Gasteiger partial charge < -0.3 is 25.4 Å². The third-order valence-corrected chi connectivity index (χ3v) is 7.64. The summed E-state index contributed by atoms with van der Waals surface area (Å²) in [4.78, 5) is 30.2. The van der Waals surface area contributed by atoms with Crippen LogP contribution in [0.5, 0.6) is 0 Å². The van der Waals surface area contributed by atoms with Crippen molar-refractivity contribution in [2.75, 3.05) is 49.2 Å². The van der Waals surface area contributed by atoms with Gasteiger partial charge in [0.25, 0.3) is 5.91 Å². The summed E-state index contributed by atoms with van der Waals surface area (Å²) in [6.07, 6.45) is 0.424. The van der Waals surface area contributed by atoms with Crippen LogP contribution < -0.4 is 16.0 Å². The van der Waals surface area contributed by atoms with Crippen LogP contribution in [-0.4, -0.2) is 63.6 Å². The zero-order valence-corrected chi connectivity index (χ0v) is 23.6. The summed E-state index contributed by atoms with van der Waals surface area (Å²) in [5, 5.41) is 3.68. The minimum absolute atomic E-state index is 0.0626. The molecule has 1 saturated heterocycles. The van der Waals surface area contributed by atoms with Crippen molar-refractivity contribution < 1.29 is 18.0 Å². The molecule has 0 aliphatic carbocycles. The molecule has 2 aromatic carbocycles. The Morgan fingerprint density at radius 3 is 2.49 bits per heavy atom. The fourth-order valence-electron chi connectivity index (χ4n) is 5.20. The Morgan fingerprint density at radius 1 is 0.953 bits per heavy atom. The lowest BCUT2D eigenvalue weighted by atomic mass is 10.0. The molecule has 0 bridgehead atoms. The lowest BCUT2D eigenvalue weighted by molar-refractivity contribution is -0.137. The Bertz CT molecular complexity index is 1830. The number of pyridine rings is 1. The number of fused-ring (bicyclic) bond motifs is 1. The SMILES string of the molecule is Cc1ccc(NC(=O)c2cc(N3CCN(C)CC3)cc(C(F)(F)F)c2)cc1-c1cc2c(ccn2-c2cc(N)ncn2)cn1. The van der Waals surface area contributed by atoms with Crippen molar-refractivity contribution in [1.82, 2.24) is 24.4 Å². The molecule has 0 radical (unpaired) electrons. The number of rotatable bonds is 5. The van der Waals surface area contributed by atoms with Gasteiger partial charge in [-0.2, -0.15) is 13.2 Å². The number of benzene rings is 2. The normalized spacial score (nSPS) is 14.3. The van der Waals surface area contributed by atoms with Crippen molar-refractivity contribution in [3.8, 4) is 17.1 Å². The van der Waals surface area contributed by atoms with Crippen molar-refractivity contribution in [2.24, 2.45) is 0 Å². The number of hydrogen-bond acceptors (Lipinski definition) is 7. The van der Waals surface area contributed by atoms with Crippen LogP contribution in [0.4, 0.5) is 30.4 Å². The maximum absolute atomic E-state index is 13.8. The van der Waals surface area contributed by atoms with E-state index in [2.05, 4.69) is 25.2 Å². The molecule has 0 spiro atoms. The predicted octanol–water partition coefficient (Wildman–Crippen LogP) is 5.40. The van der Waals surface area contributed by atoms with Crippen LogP contribution in [0.15, 0.2) is 73.3 Å². The Morgan fingerprint density at radius 2 is 1.74 bits per heavy atom. The average Bonchev–Trinajstić information content (AvgIpc) is 3.41. The maximum Gasteiger partial charge on any atom is 0.416 e. The number of nitrogen functional groups attached to an aromatic ring is 1. The minimum Gasteiger partial charge on any atom is -0.384 e. The zero-order chi connectivity index (χ0) is 30.3. The third-order valence-electron chi connectivity index (χ3n) is 7.64. The number of anilines is 3. The molecule has 12 heteroatoms. The number of alkyl halides is 3. The molecule has 1 aliphatic rings. The molecule has 220 valence electrons. The van der Waals surface area contributed by atoms with Crippen molar-refractivity contribution in [3.63, 3.8) is 0 Å². The summed E-state index contributed by atoms with van der Waals surface area (Å²) in [5.74, 6) is 0.321. The van der Waals surface area contributed by atoms with E-state index in [4.69, 9.17) is 5.73 Å². The second-order valence-corrected chi connectivity index (χ2v) is 10.7. The molecular formula is C31H29F3N8O. The number of nitrogens with one attached hydrogen (secondary N) is 1. The van der Waals surface area contributed by atoms with Crippen LogP contribution >= 0.6 is 0 Å². The number of carbonyl (C=O) groups is 1. The molecule has 4 heterocycles. The number of carbonyl (C=O) groups excluding carboxylic acids is 1. The van der Waals surface area contributed by atoms with Crippen molar-refractivity contribution in [3.05, 3.63) is 90.0 Å². The van der Waals surface area contributed by atoms with E-state index in [9.17, 15) is 18.0 Å². The predicted molar refractivity (Wildman–Crippen MR) is 160 cm³/mol. The Hall–Kier alpha value is -4.97. The van der Waals surface area contributed by atoms with Gasteiger partial charge in [-0.3, -0.25) is 9.78 Å². The highest BCUT2D eigenvalue weighted by Gasteiger charge is 2.32. The third kappa shape index (κ3) is 5.86. The molecule has 9 nitrogen and oxygen atoms in total. The monoisotopic (exact) mass is 586 g/mol. The molecule has 3 aromatic heterocycles. The number of hydrogen-bond donors (Lipinski definition) is 2. The minimum atomic E-state index is -4.59. The smallest absolute Gasteiger partial charge is 0.384 e. The highest BCUT2D eigenvalue weighted by atomic mass is 19.4. The fourth-order valence-corrected chi connectivity index (χ4v) is 5.20. The highest BCUT2D eigenvalue weighted by molar-refractivity contribution is 6.05. The molecule has 5 aromatic rings. The van der Waals surface area contributed by atoms with Gasteiger partial charge in [0, 0.05) is 72.5 Å². The van der Waals surface area contributed by atoms with Crippen molar-refractivity contribution >= 4 is 34.0 Å². The number of aryl methyl sites for hydroxylation is 1.